The van der Waals surface area contributed by atoms with Crippen molar-refractivity contribution in [2.45, 2.75) is 31.5 Å². The molecule has 0 bridgehead atoms. The van der Waals surface area contributed by atoms with Crippen LogP contribution in [0.1, 0.15) is 25.5 Å². The van der Waals surface area contributed by atoms with Crippen molar-refractivity contribution < 1.29 is 23.1 Å². The predicted molar refractivity (Wildman–Crippen MR) is 61.6 cm³/mol. The Kier molecular flexibility index (Phi) is 3.15. The summed E-state index contributed by atoms with van der Waals surface area (Å²) in [7, 11) is 0. The van der Waals surface area contributed by atoms with Gasteiger partial charge in [0.2, 0.25) is 0 Å². The Morgan fingerprint density at radius 1 is 1.42 bits per heavy atom. The molecule has 2 rings (SSSR count). The number of aliphatic carboxylic acids is 1. The summed E-state index contributed by atoms with van der Waals surface area (Å²) in [6, 6.07) is 3.38. The van der Waals surface area contributed by atoms with Gasteiger partial charge in [0.1, 0.15) is 17.1 Å². The van der Waals surface area contributed by atoms with Crippen LogP contribution in [0.4, 0.5) is 19.0 Å². The molecule has 19 heavy (non-hydrogen) atoms. The molecule has 0 saturated heterocycles. The second-order valence-corrected chi connectivity index (χ2v) is 4.81. The van der Waals surface area contributed by atoms with Crippen LogP contribution in [0.3, 0.4) is 0 Å². The maximum absolute atomic E-state index is 12.5. The van der Waals surface area contributed by atoms with Crippen molar-refractivity contribution in [1.29, 1.82) is 0 Å². The summed E-state index contributed by atoms with van der Waals surface area (Å²) < 4.78 is 37.6. The average Bonchev–Trinajstić information content (AvgIpc) is 3.11. The summed E-state index contributed by atoms with van der Waals surface area (Å²) in [4.78, 5) is 14.7. The molecule has 0 amide bonds. The van der Waals surface area contributed by atoms with Crippen LogP contribution in [-0.2, 0) is 11.0 Å². The number of nitrogens with zero attached hydrogens (tertiary/aromatic N) is 1. The monoisotopic (exact) mass is 274 g/mol. The van der Waals surface area contributed by atoms with Crippen molar-refractivity contribution in [3.05, 3.63) is 23.9 Å². The smallest absolute Gasteiger partial charge is 0.433 e. The summed E-state index contributed by atoms with van der Waals surface area (Å²) in [5.74, 6) is -1.25. The average molecular weight is 274 g/mol. The highest BCUT2D eigenvalue weighted by molar-refractivity contribution is 5.82. The van der Waals surface area contributed by atoms with Crippen LogP contribution in [0.15, 0.2) is 18.2 Å². The molecule has 1 unspecified atom stereocenters. The van der Waals surface area contributed by atoms with Crippen LogP contribution in [0.5, 0.6) is 0 Å². The number of nitrogens with one attached hydrogen (secondary N) is 1. The van der Waals surface area contributed by atoms with Crippen molar-refractivity contribution >= 4 is 11.8 Å². The van der Waals surface area contributed by atoms with Crippen LogP contribution in [-0.4, -0.2) is 21.6 Å². The quantitative estimate of drug-likeness (QED) is 0.886. The van der Waals surface area contributed by atoms with E-state index in [1.807, 2.05) is 0 Å². The zero-order valence-electron chi connectivity index (χ0n) is 10.2. The number of rotatable bonds is 4. The van der Waals surface area contributed by atoms with E-state index in [0.29, 0.717) is 0 Å². The Balaban J connectivity index is 2.25. The van der Waals surface area contributed by atoms with Gasteiger partial charge in [0.25, 0.3) is 0 Å². The summed E-state index contributed by atoms with van der Waals surface area (Å²) in [5, 5.41) is 11.8. The van der Waals surface area contributed by atoms with Gasteiger partial charge >= 0.3 is 12.1 Å². The number of halogens is 3. The van der Waals surface area contributed by atoms with Gasteiger partial charge in [0.05, 0.1) is 0 Å². The molecular formula is C12H13F3N2O2. The molecule has 7 heteroatoms. The van der Waals surface area contributed by atoms with Gasteiger partial charge in [-0.3, -0.25) is 0 Å². The van der Waals surface area contributed by atoms with E-state index in [9.17, 15) is 23.1 Å². The van der Waals surface area contributed by atoms with Crippen LogP contribution < -0.4 is 5.32 Å². The molecule has 1 aromatic heterocycles. The highest BCUT2D eigenvalue weighted by atomic mass is 19.4. The molecule has 4 nitrogen and oxygen atoms in total. The number of hydrogen-bond donors (Lipinski definition) is 2. The fraction of sp³-hybridized carbons (Fsp3) is 0.500. The SMILES string of the molecule is CC(Nc1cccc(C(F)(F)F)n1)(C(=O)O)C1CC1. The van der Waals surface area contributed by atoms with E-state index in [1.54, 1.807) is 0 Å². The second-order valence-electron chi connectivity index (χ2n) is 4.81. The summed E-state index contributed by atoms with van der Waals surface area (Å²) in [5.41, 5.74) is -2.32. The minimum absolute atomic E-state index is 0.0772. The predicted octanol–water partition coefficient (Wildman–Crippen LogP) is 2.77. The molecule has 1 atom stereocenters. The number of anilines is 1. The fourth-order valence-corrected chi connectivity index (χ4v) is 1.92. The van der Waals surface area contributed by atoms with Gasteiger partial charge in [-0.1, -0.05) is 6.07 Å². The minimum Gasteiger partial charge on any atom is -0.480 e. The number of carboxylic acids is 1. The van der Waals surface area contributed by atoms with E-state index < -0.39 is 23.4 Å². The first-order chi connectivity index (χ1) is 8.73. The third-order valence-corrected chi connectivity index (χ3v) is 3.27. The maximum Gasteiger partial charge on any atom is 0.433 e. The Morgan fingerprint density at radius 2 is 2.05 bits per heavy atom. The molecule has 0 radical (unpaired) electrons. The molecular weight excluding hydrogens is 261 g/mol. The first-order valence-electron chi connectivity index (χ1n) is 5.79. The van der Waals surface area contributed by atoms with Crippen molar-refractivity contribution in [3.63, 3.8) is 0 Å². The fourth-order valence-electron chi connectivity index (χ4n) is 1.92. The molecule has 0 aromatic carbocycles. The molecule has 1 aliphatic carbocycles. The van der Waals surface area contributed by atoms with Crippen LogP contribution in [0.2, 0.25) is 0 Å². The number of carbonyl (C=O) groups is 1. The lowest BCUT2D eigenvalue weighted by atomic mass is 9.96. The molecule has 0 aliphatic heterocycles. The van der Waals surface area contributed by atoms with Gasteiger partial charge in [0, 0.05) is 0 Å². The molecule has 1 aromatic rings. The third-order valence-electron chi connectivity index (χ3n) is 3.27. The van der Waals surface area contributed by atoms with E-state index in [-0.39, 0.29) is 11.7 Å². The van der Waals surface area contributed by atoms with Crippen LogP contribution in [0.25, 0.3) is 0 Å². The highest BCUT2D eigenvalue weighted by Gasteiger charge is 2.48. The van der Waals surface area contributed by atoms with E-state index in [4.69, 9.17) is 0 Å². The summed E-state index contributed by atoms with van der Waals surface area (Å²) >= 11 is 0. The Labute approximate surface area is 107 Å². The van der Waals surface area contributed by atoms with Crippen molar-refractivity contribution in [2.24, 2.45) is 5.92 Å². The zero-order valence-corrected chi connectivity index (χ0v) is 10.2. The van der Waals surface area contributed by atoms with Gasteiger partial charge in [-0.15, -0.1) is 0 Å². The van der Waals surface area contributed by atoms with E-state index >= 15 is 0 Å². The molecule has 1 saturated carbocycles. The van der Waals surface area contributed by atoms with Gasteiger partial charge in [-0.05, 0) is 37.8 Å². The van der Waals surface area contributed by atoms with Crippen molar-refractivity contribution in [3.8, 4) is 0 Å². The lowest BCUT2D eigenvalue weighted by Crippen LogP contribution is -2.45. The Hall–Kier alpha value is -1.79. The highest BCUT2D eigenvalue weighted by Crippen LogP contribution is 2.41. The van der Waals surface area contributed by atoms with Crippen LogP contribution in [0, 0.1) is 5.92 Å². The summed E-state index contributed by atoms with van der Waals surface area (Å²) in [6.45, 7) is 1.47. The van der Waals surface area contributed by atoms with E-state index in [1.165, 1.54) is 19.1 Å². The second kappa shape index (κ2) is 4.40. The van der Waals surface area contributed by atoms with E-state index in [0.717, 1.165) is 18.9 Å². The molecule has 2 N–H and O–H groups in total. The zero-order chi connectivity index (χ0) is 14.3. The van der Waals surface area contributed by atoms with Crippen LogP contribution >= 0.6 is 0 Å². The van der Waals surface area contributed by atoms with Gasteiger partial charge in [-0.2, -0.15) is 13.2 Å². The minimum atomic E-state index is -4.54. The molecule has 104 valence electrons. The molecule has 1 heterocycles. The molecule has 0 spiro atoms. The maximum atomic E-state index is 12.5. The third kappa shape index (κ3) is 2.80. The van der Waals surface area contributed by atoms with Gasteiger partial charge < -0.3 is 10.4 Å². The van der Waals surface area contributed by atoms with Gasteiger partial charge in [-0.25, -0.2) is 9.78 Å². The number of pyridine rings is 1. The number of alkyl halides is 3. The lowest BCUT2D eigenvalue weighted by molar-refractivity contribution is -0.142. The van der Waals surface area contributed by atoms with Crippen molar-refractivity contribution in [1.82, 2.24) is 4.98 Å². The Bertz CT molecular complexity index is 500. The number of carboxylic acid groups (broad SMARTS) is 1. The van der Waals surface area contributed by atoms with E-state index in [2.05, 4.69) is 10.3 Å². The lowest BCUT2D eigenvalue weighted by Gasteiger charge is -2.27. The normalized spacial score (nSPS) is 18.7. The largest absolute Gasteiger partial charge is 0.480 e. The Morgan fingerprint density at radius 3 is 2.53 bits per heavy atom. The van der Waals surface area contributed by atoms with Gasteiger partial charge in [0.15, 0.2) is 0 Å². The summed E-state index contributed by atoms with van der Waals surface area (Å²) in [6.07, 6.45) is -3.06. The molecule has 1 fully saturated rings. The molecule has 1 aliphatic rings. The number of aromatic nitrogens is 1. The topological polar surface area (TPSA) is 62.2 Å². The number of hydrogen-bond acceptors (Lipinski definition) is 3. The standard InChI is InChI=1S/C12H13F3N2O2/c1-11(10(18)19,7-5-6-7)17-9-4-2-3-8(16-9)12(13,14)15/h2-4,7H,5-6H2,1H3,(H,16,17)(H,18,19). The first kappa shape index (κ1) is 13.6. The first-order valence-corrected chi connectivity index (χ1v) is 5.79. The van der Waals surface area contributed by atoms with Crippen molar-refractivity contribution in [2.75, 3.05) is 5.32 Å².